The predicted molar refractivity (Wildman–Crippen MR) is 88.2 cm³/mol. The van der Waals surface area contributed by atoms with Crippen LogP contribution in [-0.4, -0.2) is 45.8 Å². The first kappa shape index (κ1) is 17.8. The molecule has 0 spiro atoms. The molecule has 1 rings (SSSR count). The summed E-state index contributed by atoms with van der Waals surface area (Å²) in [4.78, 5) is 2.29. The van der Waals surface area contributed by atoms with Crippen LogP contribution in [0.5, 0.6) is 11.5 Å². The molecule has 0 fully saturated rings. The van der Waals surface area contributed by atoms with E-state index < -0.39 is 0 Å². The Labute approximate surface area is 129 Å². The number of rotatable bonds is 9. The molecule has 0 aromatic heterocycles. The average Bonchev–Trinajstić information content (AvgIpc) is 2.45. The van der Waals surface area contributed by atoms with Gasteiger partial charge in [-0.15, -0.1) is 0 Å². The fraction of sp³-hybridized carbons (Fsp3) is 0.647. The molecule has 120 valence electrons. The van der Waals surface area contributed by atoms with Gasteiger partial charge in [0.05, 0.1) is 14.2 Å². The Kier molecular flexibility index (Phi) is 7.54. The van der Waals surface area contributed by atoms with Crippen molar-refractivity contribution in [3.8, 4) is 11.5 Å². The maximum absolute atomic E-state index is 5.43. The number of hydrogen-bond donors (Lipinski definition) is 1. The Balaban J connectivity index is 2.58. The summed E-state index contributed by atoms with van der Waals surface area (Å²) in [5.41, 5.74) is 1.15. The largest absolute Gasteiger partial charge is 0.497 e. The van der Waals surface area contributed by atoms with Crippen LogP contribution >= 0.6 is 0 Å². The molecule has 1 aromatic carbocycles. The summed E-state index contributed by atoms with van der Waals surface area (Å²) in [5.74, 6) is 2.39. The van der Waals surface area contributed by atoms with Crippen LogP contribution in [-0.2, 0) is 6.54 Å². The fourth-order valence-electron chi connectivity index (χ4n) is 2.39. The van der Waals surface area contributed by atoms with Crippen LogP contribution in [0.1, 0.15) is 25.8 Å². The average molecular weight is 294 g/mol. The highest BCUT2D eigenvalue weighted by atomic mass is 16.5. The van der Waals surface area contributed by atoms with Crippen LogP contribution < -0.4 is 14.8 Å². The summed E-state index contributed by atoms with van der Waals surface area (Å²) in [6.07, 6.45) is 1.19. The molecule has 0 saturated carbocycles. The molecule has 0 aliphatic rings. The molecule has 0 radical (unpaired) electrons. The molecule has 0 aliphatic carbocycles. The van der Waals surface area contributed by atoms with E-state index in [-0.39, 0.29) is 0 Å². The molecule has 0 saturated heterocycles. The van der Waals surface area contributed by atoms with E-state index in [1.54, 1.807) is 14.2 Å². The van der Waals surface area contributed by atoms with E-state index in [0.717, 1.165) is 30.2 Å². The standard InChI is InChI=1S/C17H30N2O2/c1-13(2)9-15(19(3)4)12-18-11-14-7-8-16(20-5)10-17(14)21-6/h7-8,10,13,15,18H,9,11-12H2,1-6H3. The summed E-state index contributed by atoms with van der Waals surface area (Å²) < 4.78 is 10.6. The van der Waals surface area contributed by atoms with E-state index in [4.69, 9.17) is 9.47 Å². The minimum absolute atomic E-state index is 0.550. The SMILES string of the molecule is COc1ccc(CNCC(CC(C)C)N(C)C)c(OC)c1. The lowest BCUT2D eigenvalue weighted by Gasteiger charge is -2.26. The lowest BCUT2D eigenvalue weighted by Crippen LogP contribution is -2.38. The quantitative estimate of drug-likeness (QED) is 0.759. The Morgan fingerprint density at radius 3 is 2.38 bits per heavy atom. The number of methoxy groups -OCH3 is 2. The molecule has 1 N–H and O–H groups in total. The summed E-state index contributed by atoms with van der Waals surface area (Å²) in [6, 6.07) is 6.50. The van der Waals surface area contributed by atoms with Gasteiger partial charge in [-0.25, -0.2) is 0 Å². The molecular formula is C17H30N2O2. The fourth-order valence-corrected chi connectivity index (χ4v) is 2.39. The zero-order chi connectivity index (χ0) is 15.8. The lowest BCUT2D eigenvalue weighted by atomic mass is 10.0. The van der Waals surface area contributed by atoms with E-state index in [9.17, 15) is 0 Å². The number of nitrogens with one attached hydrogen (secondary N) is 1. The van der Waals surface area contributed by atoms with Crippen molar-refractivity contribution in [2.75, 3.05) is 34.9 Å². The van der Waals surface area contributed by atoms with Crippen LogP contribution in [0.2, 0.25) is 0 Å². The summed E-state index contributed by atoms with van der Waals surface area (Å²) in [5, 5.41) is 3.54. The number of ether oxygens (including phenoxy) is 2. The van der Waals surface area contributed by atoms with Gasteiger partial charge in [0.2, 0.25) is 0 Å². The smallest absolute Gasteiger partial charge is 0.127 e. The molecule has 21 heavy (non-hydrogen) atoms. The molecule has 4 heteroatoms. The molecule has 0 heterocycles. The van der Waals surface area contributed by atoms with Gasteiger partial charge in [-0.05, 0) is 32.5 Å². The topological polar surface area (TPSA) is 33.7 Å². The third-order valence-electron chi connectivity index (χ3n) is 3.66. The van der Waals surface area contributed by atoms with E-state index in [1.165, 1.54) is 6.42 Å². The van der Waals surface area contributed by atoms with Crippen molar-refractivity contribution in [2.24, 2.45) is 5.92 Å². The first-order valence-corrected chi connectivity index (χ1v) is 7.56. The van der Waals surface area contributed by atoms with Crippen LogP contribution in [0.4, 0.5) is 0 Å². The lowest BCUT2D eigenvalue weighted by molar-refractivity contribution is 0.246. The van der Waals surface area contributed by atoms with Gasteiger partial charge in [0.15, 0.2) is 0 Å². The Morgan fingerprint density at radius 1 is 1.14 bits per heavy atom. The second-order valence-electron chi connectivity index (χ2n) is 6.06. The highest BCUT2D eigenvalue weighted by Crippen LogP contribution is 2.24. The molecule has 4 nitrogen and oxygen atoms in total. The van der Waals surface area contributed by atoms with E-state index in [0.29, 0.717) is 12.0 Å². The van der Waals surface area contributed by atoms with Crippen LogP contribution in [0.3, 0.4) is 0 Å². The van der Waals surface area contributed by atoms with Crippen molar-refractivity contribution in [3.05, 3.63) is 23.8 Å². The molecule has 0 amide bonds. The van der Waals surface area contributed by atoms with Crippen molar-refractivity contribution in [1.82, 2.24) is 10.2 Å². The second kappa shape index (κ2) is 8.90. The van der Waals surface area contributed by atoms with Crippen molar-refractivity contribution >= 4 is 0 Å². The van der Waals surface area contributed by atoms with Crippen molar-refractivity contribution in [2.45, 2.75) is 32.9 Å². The molecule has 1 aromatic rings. The Bertz CT molecular complexity index is 419. The van der Waals surface area contributed by atoms with Crippen molar-refractivity contribution < 1.29 is 9.47 Å². The minimum atomic E-state index is 0.550. The maximum Gasteiger partial charge on any atom is 0.127 e. The maximum atomic E-state index is 5.43. The summed E-state index contributed by atoms with van der Waals surface area (Å²) in [6.45, 7) is 6.31. The van der Waals surface area contributed by atoms with Gasteiger partial charge in [0.25, 0.3) is 0 Å². The highest BCUT2D eigenvalue weighted by Gasteiger charge is 2.13. The van der Waals surface area contributed by atoms with Gasteiger partial charge in [-0.3, -0.25) is 0 Å². The molecule has 1 atom stereocenters. The highest BCUT2D eigenvalue weighted by molar-refractivity contribution is 5.40. The van der Waals surface area contributed by atoms with E-state index in [1.807, 2.05) is 12.1 Å². The monoisotopic (exact) mass is 294 g/mol. The third kappa shape index (κ3) is 5.94. The number of hydrogen-bond acceptors (Lipinski definition) is 4. The zero-order valence-electron chi connectivity index (χ0n) is 14.3. The van der Waals surface area contributed by atoms with Crippen molar-refractivity contribution in [3.63, 3.8) is 0 Å². The van der Waals surface area contributed by atoms with Gasteiger partial charge in [-0.2, -0.15) is 0 Å². The van der Waals surface area contributed by atoms with Gasteiger partial charge < -0.3 is 19.7 Å². The Morgan fingerprint density at radius 2 is 1.86 bits per heavy atom. The Hall–Kier alpha value is -1.26. The molecule has 1 unspecified atom stereocenters. The van der Waals surface area contributed by atoms with Crippen LogP contribution in [0.25, 0.3) is 0 Å². The van der Waals surface area contributed by atoms with Gasteiger partial charge in [0.1, 0.15) is 11.5 Å². The number of likely N-dealkylation sites (N-methyl/N-ethyl adjacent to an activating group) is 1. The minimum Gasteiger partial charge on any atom is -0.497 e. The van der Waals surface area contributed by atoms with Gasteiger partial charge in [-0.1, -0.05) is 19.9 Å². The molecule has 0 aliphatic heterocycles. The van der Waals surface area contributed by atoms with Crippen LogP contribution in [0.15, 0.2) is 18.2 Å². The third-order valence-corrected chi connectivity index (χ3v) is 3.66. The normalized spacial score (nSPS) is 12.8. The van der Waals surface area contributed by atoms with Gasteiger partial charge >= 0.3 is 0 Å². The number of nitrogens with zero attached hydrogens (tertiary/aromatic N) is 1. The predicted octanol–water partition coefficient (Wildman–Crippen LogP) is 2.77. The molecule has 0 bridgehead atoms. The summed E-state index contributed by atoms with van der Waals surface area (Å²) in [7, 11) is 7.64. The summed E-state index contributed by atoms with van der Waals surface area (Å²) >= 11 is 0. The second-order valence-corrected chi connectivity index (χ2v) is 6.06. The number of benzene rings is 1. The van der Waals surface area contributed by atoms with E-state index in [2.05, 4.69) is 44.2 Å². The molecular weight excluding hydrogens is 264 g/mol. The van der Waals surface area contributed by atoms with Gasteiger partial charge in [0, 0.05) is 30.8 Å². The zero-order valence-corrected chi connectivity index (χ0v) is 14.3. The first-order chi connectivity index (χ1) is 9.97. The van der Waals surface area contributed by atoms with E-state index >= 15 is 0 Å². The van der Waals surface area contributed by atoms with Crippen molar-refractivity contribution in [1.29, 1.82) is 0 Å². The van der Waals surface area contributed by atoms with Crippen LogP contribution in [0, 0.1) is 5.92 Å². The first-order valence-electron chi connectivity index (χ1n) is 7.56.